The summed E-state index contributed by atoms with van der Waals surface area (Å²) in [7, 11) is 0. The summed E-state index contributed by atoms with van der Waals surface area (Å²) in [6, 6.07) is 5.07. The van der Waals surface area contributed by atoms with Gasteiger partial charge in [-0.2, -0.15) is 0 Å². The zero-order valence-corrected chi connectivity index (χ0v) is 6.63. The fraction of sp³-hybridized carbons (Fsp3) is 0. The molecule has 0 aliphatic carbocycles. The zero-order chi connectivity index (χ0) is 9.26. The van der Waals surface area contributed by atoms with Crippen molar-refractivity contribution in [3.63, 3.8) is 0 Å². The first kappa shape index (κ1) is 7.98. The van der Waals surface area contributed by atoms with Crippen LogP contribution >= 0.6 is 0 Å². The van der Waals surface area contributed by atoms with Crippen LogP contribution in [0.4, 0.5) is 8.78 Å². The molecule has 0 aliphatic heterocycles. The Morgan fingerprint density at radius 1 is 1.08 bits per heavy atom. The molecule has 0 radical (unpaired) electrons. The standard InChI is InChI=1S/C10H6F2O/c11-8-1-2-9(10(12)5-8)7-3-4-13-6-7/h1-6H. The summed E-state index contributed by atoms with van der Waals surface area (Å²) in [6.07, 6.45) is 2.86. The van der Waals surface area contributed by atoms with Crippen LogP contribution in [-0.4, -0.2) is 0 Å². The molecule has 0 atom stereocenters. The Hall–Kier alpha value is -1.64. The molecule has 3 heteroatoms. The fourth-order valence-electron chi connectivity index (χ4n) is 1.14. The molecule has 0 N–H and O–H groups in total. The van der Waals surface area contributed by atoms with Gasteiger partial charge in [-0.25, -0.2) is 8.78 Å². The smallest absolute Gasteiger partial charge is 0.134 e. The van der Waals surface area contributed by atoms with E-state index in [9.17, 15) is 8.78 Å². The first-order valence-electron chi connectivity index (χ1n) is 3.75. The van der Waals surface area contributed by atoms with E-state index in [1.165, 1.54) is 24.7 Å². The molecule has 66 valence electrons. The lowest BCUT2D eigenvalue weighted by molar-refractivity contribution is 0.566. The summed E-state index contributed by atoms with van der Waals surface area (Å²) >= 11 is 0. The van der Waals surface area contributed by atoms with Gasteiger partial charge in [0.2, 0.25) is 0 Å². The van der Waals surface area contributed by atoms with Crippen LogP contribution in [0.2, 0.25) is 0 Å². The minimum Gasteiger partial charge on any atom is -0.472 e. The van der Waals surface area contributed by atoms with Crippen molar-refractivity contribution in [2.24, 2.45) is 0 Å². The molecule has 0 spiro atoms. The molecule has 0 saturated carbocycles. The van der Waals surface area contributed by atoms with Crippen LogP contribution in [0.15, 0.2) is 41.2 Å². The van der Waals surface area contributed by atoms with E-state index in [1.807, 2.05) is 0 Å². The number of halogens is 2. The fourth-order valence-corrected chi connectivity index (χ4v) is 1.14. The molecule has 2 rings (SSSR count). The van der Waals surface area contributed by atoms with Crippen LogP contribution in [0, 0.1) is 11.6 Å². The Labute approximate surface area is 73.6 Å². The van der Waals surface area contributed by atoms with E-state index in [0.717, 1.165) is 6.07 Å². The lowest BCUT2D eigenvalue weighted by atomic mass is 10.1. The van der Waals surface area contributed by atoms with Gasteiger partial charge in [0.25, 0.3) is 0 Å². The van der Waals surface area contributed by atoms with Crippen molar-refractivity contribution in [3.8, 4) is 11.1 Å². The van der Waals surface area contributed by atoms with Gasteiger partial charge in [-0.05, 0) is 18.2 Å². The summed E-state index contributed by atoms with van der Waals surface area (Å²) in [6.45, 7) is 0. The van der Waals surface area contributed by atoms with Gasteiger partial charge < -0.3 is 4.42 Å². The van der Waals surface area contributed by atoms with Crippen LogP contribution in [-0.2, 0) is 0 Å². The van der Waals surface area contributed by atoms with Crippen molar-refractivity contribution in [2.45, 2.75) is 0 Å². The van der Waals surface area contributed by atoms with Gasteiger partial charge in [0, 0.05) is 17.2 Å². The van der Waals surface area contributed by atoms with Crippen molar-refractivity contribution in [1.29, 1.82) is 0 Å². The summed E-state index contributed by atoms with van der Waals surface area (Å²) in [5, 5.41) is 0. The molecule has 0 unspecified atom stereocenters. The molecular weight excluding hydrogens is 174 g/mol. The Bertz CT molecular complexity index is 407. The highest BCUT2D eigenvalue weighted by molar-refractivity contribution is 5.62. The second kappa shape index (κ2) is 3.01. The molecule has 0 saturated heterocycles. The van der Waals surface area contributed by atoms with Gasteiger partial charge in [0.15, 0.2) is 0 Å². The Morgan fingerprint density at radius 2 is 1.92 bits per heavy atom. The molecule has 2 aromatic rings. The van der Waals surface area contributed by atoms with Crippen LogP contribution in [0.3, 0.4) is 0 Å². The van der Waals surface area contributed by atoms with Gasteiger partial charge in [-0.15, -0.1) is 0 Å². The Kier molecular flexibility index (Phi) is 1.85. The summed E-state index contributed by atoms with van der Waals surface area (Å²) in [4.78, 5) is 0. The normalized spacial score (nSPS) is 10.3. The average molecular weight is 180 g/mol. The van der Waals surface area contributed by atoms with E-state index in [1.54, 1.807) is 6.07 Å². The minimum atomic E-state index is -0.582. The highest BCUT2D eigenvalue weighted by Crippen LogP contribution is 2.23. The van der Waals surface area contributed by atoms with Crippen LogP contribution < -0.4 is 0 Å². The van der Waals surface area contributed by atoms with Crippen molar-refractivity contribution in [1.82, 2.24) is 0 Å². The van der Waals surface area contributed by atoms with E-state index in [2.05, 4.69) is 0 Å². The zero-order valence-electron chi connectivity index (χ0n) is 6.63. The topological polar surface area (TPSA) is 13.1 Å². The van der Waals surface area contributed by atoms with Crippen molar-refractivity contribution in [2.75, 3.05) is 0 Å². The first-order valence-corrected chi connectivity index (χ1v) is 3.75. The van der Waals surface area contributed by atoms with Gasteiger partial charge >= 0.3 is 0 Å². The molecular formula is C10H6F2O. The molecule has 1 aromatic heterocycles. The average Bonchev–Trinajstić information content (AvgIpc) is 2.56. The van der Waals surface area contributed by atoms with Crippen LogP contribution in [0.1, 0.15) is 0 Å². The van der Waals surface area contributed by atoms with E-state index in [4.69, 9.17) is 4.42 Å². The summed E-state index contributed by atoms with van der Waals surface area (Å²) in [5.74, 6) is -1.16. The first-order chi connectivity index (χ1) is 6.27. The van der Waals surface area contributed by atoms with Gasteiger partial charge in [0.1, 0.15) is 11.6 Å². The highest BCUT2D eigenvalue weighted by Gasteiger charge is 2.06. The largest absolute Gasteiger partial charge is 0.472 e. The number of hydrogen-bond donors (Lipinski definition) is 0. The lowest BCUT2D eigenvalue weighted by Crippen LogP contribution is -1.83. The van der Waals surface area contributed by atoms with E-state index in [-0.39, 0.29) is 0 Å². The maximum atomic E-state index is 13.1. The molecule has 1 aromatic carbocycles. The summed E-state index contributed by atoms with van der Waals surface area (Å²) < 4.78 is 30.5. The maximum absolute atomic E-state index is 13.1. The summed E-state index contributed by atoms with van der Waals surface area (Å²) in [5.41, 5.74) is 0.952. The number of hydrogen-bond acceptors (Lipinski definition) is 1. The van der Waals surface area contributed by atoms with Crippen LogP contribution in [0.5, 0.6) is 0 Å². The monoisotopic (exact) mass is 180 g/mol. The van der Waals surface area contributed by atoms with Crippen molar-refractivity contribution in [3.05, 3.63) is 48.4 Å². The maximum Gasteiger partial charge on any atom is 0.134 e. The lowest BCUT2D eigenvalue weighted by Gasteiger charge is -1.98. The third-order valence-corrected chi connectivity index (χ3v) is 1.76. The predicted octanol–water partition coefficient (Wildman–Crippen LogP) is 3.22. The predicted molar refractivity (Wildman–Crippen MR) is 44.1 cm³/mol. The minimum absolute atomic E-state index is 0.343. The number of furan rings is 1. The Balaban J connectivity index is 2.53. The molecule has 0 amide bonds. The molecule has 0 fully saturated rings. The molecule has 1 heterocycles. The third kappa shape index (κ3) is 1.45. The second-order valence-electron chi connectivity index (χ2n) is 2.64. The van der Waals surface area contributed by atoms with Gasteiger partial charge in [-0.1, -0.05) is 0 Å². The Morgan fingerprint density at radius 3 is 2.54 bits per heavy atom. The second-order valence-corrected chi connectivity index (χ2v) is 2.64. The SMILES string of the molecule is Fc1ccc(-c2ccoc2)c(F)c1. The van der Waals surface area contributed by atoms with Crippen LogP contribution in [0.25, 0.3) is 11.1 Å². The molecule has 0 bridgehead atoms. The van der Waals surface area contributed by atoms with Gasteiger partial charge in [-0.3, -0.25) is 0 Å². The van der Waals surface area contributed by atoms with E-state index in [0.29, 0.717) is 11.1 Å². The highest BCUT2D eigenvalue weighted by atomic mass is 19.1. The van der Waals surface area contributed by atoms with Crippen molar-refractivity contribution < 1.29 is 13.2 Å². The molecule has 1 nitrogen and oxygen atoms in total. The quantitative estimate of drug-likeness (QED) is 0.656. The number of benzene rings is 1. The van der Waals surface area contributed by atoms with E-state index < -0.39 is 11.6 Å². The van der Waals surface area contributed by atoms with Gasteiger partial charge in [0.05, 0.1) is 12.5 Å². The molecule has 13 heavy (non-hydrogen) atoms. The third-order valence-electron chi connectivity index (χ3n) is 1.76. The van der Waals surface area contributed by atoms with Crippen molar-refractivity contribution >= 4 is 0 Å². The van der Waals surface area contributed by atoms with E-state index >= 15 is 0 Å². The molecule has 0 aliphatic rings. The number of rotatable bonds is 1.